The summed E-state index contributed by atoms with van der Waals surface area (Å²) in [5.74, 6) is 1.15. The van der Waals surface area contributed by atoms with Crippen LogP contribution in [-0.2, 0) is 16.6 Å². The second kappa shape index (κ2) is 4.39. The number of nitrogens with one attached hydrogen (secondary N) is 1. The van der Waals surface area contributed by atoms with Gasteiger partial charge >= 0.3 is 0 Å². The van der Waals surface area contributed by atoms with Crippen molar-refractivity contribution < 1.29 is 8.42 Å². The summed E-state index contributed by atoms with van der Waals surface area (Å²) in [6, 6.07) is 9.39. The Morgan fingerprint density at radius 1 is 1.31 bits per heavy atom. The molecule has 13 heavy (non-hydrogen) atoms. The molecule has 0 spiro atoms. The summed E-state index contributed by atoms with van der Waals surface area (Å²) in [7, 11) is -3.19. The number of hydrogen-bond acceptors (Lipinski definition) is 2. The van der Waals surface area contributed by atoms with Gasteiger partial charge < -0.3 is 0 Å². The molecule has 1 N–H and O–H groups in total. The Kier molecular flexibility index (Phi) is 3.45. The summed E-state index contributed by atoms with van der Waals surface area (Å²) in [6.45, 7) is 1.83. The molecular formula is C9H12NO2S. The van der Waals surface area contributed by atoms with Crippen molar-refractivity contribution in [3.05, 3.63) is 41.6 Å². The highest BCUT2D eigenvalue weighted by Crippen LogP contribution is 1.99. The van der Waals surface area contributed by atoms with E-state index in [0.29, 0.717) is 6.54 Å². The second-order valence-electron chi connectivity index (χ2n) is 2.59. The van der Waals surface area contributed by atoms with Crippen LogP contribution < -0.4 is 4.72 Å². The van der Waals surface area contributed by atoms with E-state index in [-0.39, 0.29) is 0 Å². The van der Waals surface area contributed by atoms with Crippen molar-refractivity contribution in [2.24, 2.45) is 0 Å². The van der Waals surface area contributed by atoms with Gasteiger partial charge in [0.2, 0.25) is 10.0 Å². The fourth-order valence-corrected chi connectivity index (χ4v) is 1.40. The molecule has 0 atom stereocenters. The third-order valence-electron chi connectivity index (χ3n) is 1.63. The van der Waals surface area contributed by atoms with Gasteiger partial charge in [0.05, 0.1) is 5.75 Å². The average molecular weight is 198 g/mol. The SMILES string of the molecule is C[CH]S(=O)(=O)NCc1ccccc1. The molecule has 4 heteroatoms. The highest BCUT2D eigenvalue weighted by molar-refractivity contribution is 7.91. The Hall–Kier alpha value is -0.870. The van der Waals surface area contributed by atoms with E-state index in [0.717, 1.165) is 11.3 Å². The van der Waals surface area contributed by atoms with E-state index < -0.39 is 10.0 Å². The third-order valence-corrected chi connectivity index (χ3v) is 2.80. The van der Waals surface area contributed by atoms with E-state index in [4.69, 9.17) is 0 Å². The quantitative estimate of drug-likeness (QED) is 0.792. The lowest BCUT2D eigenvalue weighted by Gasteiger charge is -2.03. The zero-order chi connectivity index (χ0) is 9.73. The van der Waals surface area contributed by atoms with Crippen molar-refractivity contribution in [2.45, 2.75) is 13.5 Å². The molecule has 0 saturated heterocycles. The number of sulfonamides is 1. The minimum atomic E-state index is -3.19. The summed E-state index contributed by atoms with van der Waals surface area (Å²) in [5, 5.41) is 0. The number of benzene rings is 1. The van der Waals surface area contributed by atoms with Crippen LogP contribution in [0.3, 0.4) is 0 Å². The van der Waals surface area contributed by atoms with Crippen molar-refractivity contribution in [1.82, 2.24) is 4.72 Å². The number of hydrogen-bond donors (Lipinski definition) is 1. The Labute approximate surface area is 78.8 Å². The normalized spacial score (nSPS) is 11.5. The van der Waals surface area contributed by atoms with Gasteiger partial charge in [0.25, 0.3) is 0 Å². The van der Waals surface area contributed by atoms with E-state index in [9.17, 15) is 8.42 Å². The van der Waals surface area contributed by atoms with Crippen LogP contribution in [0.4, 0.5) is 0 Å². The van der Waals surface area contributed by atoms with Gasteiger partial charge in [-0.3, -0.25) is 0 Å². The van der Waals surface area contributed by atoms with E-state index in [2.05, 4.69) is 4.72 Å². The van der Waals surface area contributed by atoms with E-state index in [1.54, 1.807) is 0 Å². The van der Waals surface area contributed by atoms with Crippen molar-refractivity contribution in [2.75, 3.05) is 0 Å². The topological polar surface area (TPSA) is 46.2 Å². The van der Waals surface area contributed by atoms with E-state index >= 15 is 0 Å². The zero-order valence-electron chi connectivity index (χ0n) is 7.40. The molecule has 1 aromatic carbocycles. The van der Waals surface area contributed by atoms with Crippen LogP contribution in [0.1, 0.15) is 12.5 Å². The van der Waals surface area contributed by atoms with Crippen molar-refractivity contribution in [1.29, 1.82) is 0 Å². The Bertz CT molecular complexity index is 345. The molecule has 3 nitrogen and oxygen atoms in total. The Balaban J connectivity index is 2.54. The van der Waals surface area contributed by atoms with Crippen LogP contribution in [0, 0.1) is 5.75 Å². The lowest BCUT2D eigenvalue weighted by Crippen LogP contribution is -2.21. The smallest absolute Gasteiger partial charge is 0.212 e. The minimum Gasteiger partial charge on any atom is -0.212 e. The van der Waals surface area contributed by atoms with E-state index in [1.165, 1.54) is 6.92 Å². The Morgan fingerprint density at radius 3 is 2.46 bits per heavy atom. The fraction of sp³-hybridized carbons (Fsp3) is 0.222. The fourth-order valence-electron chi connectivity index (χ4n) is 0.863. The molecular weight excluding hydrogens is 186 g/mol. The summed E-state index contributed by atoms with van der Waals surface area (Å²) in [6.07, 6.45) is 0. The predicted molar refractivity (Wildman–Crippen MR) is 52.2 cm³/mol. The molecule has 0 saturated carbocycles. The largest absolute Gasteiger partial charge is 0.215 e. The highest BCUT2D eigenvalue weighted by atomic mass is 32.2. The second-order valence-corrected chi connectivity index (χ2v) is 4.44. The molecule has 71 valence electrons. The first-order valence-corrected chi connectivity index (χ1v) is 5.51. The van der Waals surface area contributed by atoms with Gasteiger partial charge in [-0.1, -0.05) is 30.3 Å². The van der Waals surface area contributed by atoms with E-state index in [1.807, 2.05) is 30.3 Å². The van der Waals surface area contributed by atoms with Crippen LogP contribution in [0.5, 0.6) is 0 Å². The predicted octanol–water partition coefficient (Wildman–Crippen LogP) is 1.29. The molecule has 0 fully saturated rings. The van der Waals surface area contributed by atoms with Crippen molar-refractivity contribution in [3.63, 3.8) is 0 Å². The van der Waals surface area contributed by atoms with Crippen LogP contribution in [-0.4, -0.2) is 8.42 Å². The lowest BCUT2D eigenvalue weighted by atomic mass is 10.2. The highest BCUT2D eigenvalue weighted by Gasteiger charge is 2.05. The summed E-state index contributed by atoms with van der Waals surface area (Å²) >= 11 is 0. The molecule has 0 aliphatic carbocycles. The molecule has 0 aliphatic rings. The summed E-state index contributed by atoms with van der Waals surface area (Å²) in [5.41, 5.74) is 0.952. The molecule has 1 aromatic rings. The van der Waals surface area contributed by atoms with Crippen LogP contribution >= 0.6 is 0 Å². The maximum atomic E-state index is 11.0. The van der Waals surface area contributed by atoms with Gasteiger partial charge in [-0.25, -0.2) is 13.1 Å². The van der Waals surface area contributed by atoms with Gasteiger partial charge in [0.1, 0.15) is 0 Å². The monoisotopic (exact) mass is 198 g/mol. The van der Waals surface area contributed by atoms with Gasteiger partial charge in [-0.15, -0.1) is 0 Å². The first-order valence-electron chi connectivity index (χ1n) is 3.97. The number of rotatable bonds is 4. The minimum absolute atomic E-state index is 0.341. The Morgan fingerprint density at radius 2 is 1.92 bits per heavy atom. The average Bonchev–Trinajstić information content (AvgIpc) is 2.17. The molecule has 0 heterocycles. The summed E-state index contributed by atoms with van der Waals surface area (Å²) < 4.78 is 24.5. The van der Waals surface area contributed by atoms with Crippen LogP contribution in [0.15, 0.2) is 30.3 Å². The van der Waals surface area contributed by atoms with Crippen LogP contribution in [0.25, 0.3) is 0 Å². The van der Waals surface area contributed by atoms with Gasteiger partial charge in [0, 0.05) is 6.54 Å². The van der Waals surface area contributed by atoms with Gasteiger partial charge in [0.15, 0.2) is 0 Å². The molecule has 0 amide bonds. The lowest BCUT2D eigenvalue weighted by molar-refractivity contribution is 0.587. The molecule has 0 bridgehead atoms. The van der Waals surface area contributed by atoms with Gasteiger partial charge in [-0.2, -0.15) is 0 Å². The molecule has 1 radical (unpaired) electrons. The standard InChI is InChI=1S/C9H12NO2S/c1-2-13(11,12)10-8-9-6-4-3-5-7-9/h2-7,10H,8H2,1H3. The molecule has 1 rings (SSSR count). The molecule has 0 unspecified atom stereocenters. The van der Waals surface area contributed by atoms with Crippen molar-refractivity contribution in [3.8, 4) is 0 Å². The van der Waals surface area contributed by atoms with Crippen LogP contribution in [0.2, 0.25) is 0 Å². The third kappa shape index (κ3) is 3.57. The van der Waals surface area contributed by atoms with Crippen molar-refractivity contribution >= 4 is 10.0 Å². The van der Waals surface area contributed by atoms with Gasteiger partial charge in [-0.05, 0) is 12.5 Å². The molecule has 0 aliphatic heterocycles. The zero-order valence-corrected chi connectivity index (χ0v) is 8.21. The first-order chi connectivity index (χ1) is 6.14. The summed E-state index contributed by atoms with van der Waals surface area (Å²) in [4.78, 5) is 0. The first kappa shape index (κ1) is 10.2. The maximum Gasteiger partial charge on any atom is 0.215 e. The molecule has 0 aromatic heterocycles. The maximum absolute atomic E-state index is 11.0.